The molecule has 0 bridgehead atoms. The Labute approximate surface area is 93.4 Å². The van der Waals surface area contributed by atoms with Gasteiger partial charge in [0, 0.05) is 12.6 Å². The number of aromatic nitrogens is 5. The van der Waals surface area contributed by atoms with Crippen LogP contribution in [-0.4, -0.2) is 30.3 Å². The molecular weight excluding hydrogens is 264 g/mol. The molecule has 0 radical (unpaired) electrons. The van der Waals surface area contributed by atoms with Crippen molar-refractivity contribution in [1.82, 2.24) is 25.2 Å². The van der Waals surface area contributed by atoms with Crippen LogP contribution in [-0.2, 0) is 7.05 Å². The quantitative estimate of drug-likeness (QED) is 0.712. The molecule has 0 aromatic carbocycles. The molecule has 2 aromatic heterocycles. The summed E-state index contributed by atoms with van der Waals surface area (Å²) in [5.74, 6) is 0.329. The van der Waals surface area contributed by atoms with E-state index in [2.05, 4.69) is 36.4 Å². The first kappa shape index (κ1) is 10.1. The van der Waals surface area contributed by atoms with Crippen molar-refractivity contribution < 1.29 is 5.11 Å². The zero-order valence-electron chi connectivity index (χ0n) is 7.85. The fourth-order valence-electron chi connectivity index (χ4n) is 1.30. The van der Waals surface area contributed by atoms with E-state index in [-0.39, 0.29) is 0 Å². The number of H-pyrrole nitrogens is 1. The number of nitrogens with zero attached hydrogens (tertiary/aromatic N) is 4. The van der Waals surface area contributed by atoms with Gasteiger partial charge in [-0.15, -0.1) is 5.10 Å². The van der Waals surface area contributed by atoms with Crippen LogP contribution >= 0.6 is 15.9 Å². The molecule has 0 fully saturated rings. The standard InChI is InChI=1S/C7H9BrN6O/c1-14-4(6(8)11-13-14)5(15)3-2-10-12-7(3)9/h2,5,15H,1H3,(H3,9,10,12). The number of rotatable bonds is 2. The van der Waals surface area contributed by atoms with E-state index >= 15 is 0 Å². The fraction of sp³-hybridized carbons (Fsp3) is 0.286. The minimum atomic E-state index is -0.905. The lowest BCUT2D eigenvalue weighted by atomic mass is 10.1. The van der Waals surface area contributed by atoms with Crippen molar-refractivity contribution in [2.75, 3.05) is 5.73 Å². The molecule has 2 aromatic rings. The van der Waals surface area contributed by atoms with Crippen molar-refractivity contribution in [2.24, 2.45) is 7.05 Å². The van der Waals surface area contributed by atoms with E-state index in [0.717, 1.165) is 0 Å². The highest BCUT2D eigenvalue weighted by molar-refractivity contribution is 9.10. The summed E-state index contributed by atoms with van der Waals surface area (Å²) >= 11 is 3.20. The summed E-state index contributed by atoms with van der Waals surface area (Å²) in [5, 5.41) is 23.9. The molecule has 4 N–H and O–H groups in total. The molecule has 1 unspecified atom stereocenters. The zero-order chi connectivity index (χ0) is 11.0. The van der Waals surface area contributed by atoms with Crippen LogP contribution in [0.2, 0.25) is 0 Å². The Morgan fingerprint density at radius 2 is 2.40 bits per heavy atom. The molecule has 0 saturated heterocycles. The number of aromatic amines is 1. The first-order valence-electron chi connectivity index (χ1n) is 4.13. The van der Waals surface area contributed by atoms with Gasteiger partial charge in [-0.05, 0) is 15.9 Å². The van der Waals surface area contributed by atoms with Gasteiger partial charge in [0.25, 0.3) is 0 Å². The normalized spacial score (nSPS) is 13.0. The van der Waals surface area contributed by atoms with Crippen LogP contribution < -0.4 is 5.73 Å². The van der Waals surface area contributed by atoms with Crippen LogP contribution in [0.1, 0.15) is 17.4 Å². The lowest BCUT2D eigenvalue weighted by Gasteiger charge is -2.09. The van der Waals surface area contributed by atoms with Crippen molar-refractivity contribution in [1.29, 1.82) is 0 Å². The first-order valence-corrected chi connectivity index (χ1v) is 4.92. The molecule has 2 rings (SSSR count). The number of hydrogen-bond acceptors (Lipinski definition) is 5. The summed E-state index contributed by atoms with van der Waals surface area (Å²) in [6, 6.07) is 0. The second kappa shape index (κ2) is 3.63. The average molecular weight is 273 g/mol. The van der Waals surface area contributed by atoms with Crippen molar-refractivity contribution in [3.05, 3.63) is 22.1 Å². The van der Waals surface area contributed by atoms with Crippen LogP contribution in [0.25, 0.3) is 0 Å². The lowest BCUT2D eigenvalue weighted by molar-refractivity contribution is 0.209. The molecule has 0 saturated carbocycles. The van der Waals surface area contributed by atoms with Gasteiger partial charge in [-0.1, -0.05) is 5.21 Å². The smallest absolute Gasteiger partial charge is 0.154 e. The van der Waals surface area contributed by atoms with Gasteiger partial charge in [0.05, 0.1) is 6.20 Å². The molecule has 7 nitrogen and oxygen atoms in total. The number of nitrogen functional groups attached to an aromatic ring is 1. The van der Waals surface area contributed by atoms with E-state index in [1.165, 1.54) is 10.9 Å². The molecule has 1 atom stereocenters. The summed E-state index contributed by atoms with van der Waals surface area (Å²) in [4.78, 5) is 0. The maximum Gasteiger partial charge on any atom is 0.154 e. The van der Waals surface area contributed by atoms with Gasteiger partial charge in [0.1, 0.15) is 17.6 Å². The number of nitrogens with one attached hydrogen (secondary N) is 1. The van der Waals surface area contributed by atoms with E-state index in [1.807, 2.05) is 0 Å². The second-order valence-electron chi connectivity index (χ2n) is 3.03. The summed E-state index contributed by atoms with van der Waals surface area (Å²) in [6.45, 7) is 0. The summed E-state index contributed by atoms with van der Waals surface area (Å²) in [6.07, 6.45) is 0.567. The Kier molecular flexibility index (Phi) is 2.45. The van der Waals surface area contributed by atoms with Gasteiger partial charge in [-0.3, -0.25) is 5.10 Å². The molecule has 0 spiro atoms. The third kappa shape index (κ3) is 1.61. The van der Waals surface area contributed by atoms with Crippen LogP contribution in [0.5, 0.6) is 0 Å². The summed E-state index contributed by atoms with van der Waals surface area (Å²) in [5.41, 5.74) is 6.64. The Balaban J connectivity index is 2.45. The third-order valence-electron chi connectivity index (χ3n) is 2.08. The summed E-state index contributed by atoms with van der Waals surface area (Å²) in [7, 11) is 1.69. The SMILES string of the molecule is Cn1nnc(Br)c1C(O)c1cn[nH]c1N. The van der Waals surface area contributed by atoms with Gasteiger partial charge in [0.15, 0.2) is 4.60 Å². The topological polar surface area (TPSA) is 106 Å². The van der Waals surface area contributed by atoms with E-state index in [4.69, 9.17) is 5.73 Å². The number of aliphatic hydroxyl groups is 1. The molecule has 8 heteroatoms. The van der Waals surface area contributed by atoms with Crippen LogP contribution in [0, 0.1) is 0 Å². The highest BCUT2D eigenvalue weighted by atomic mass is 79.9. The van der Waals surface area contributed by atoms with E-state index in [9.17, 15) is 5.11 Å². The molecule has 15 heavy (non-hydrogen) atoms. The van der Waals surface area contributed by atoms with Gasteiger partial charge >= 0.3 is 0 Å². The summed E-state index contributed by atoms with van der Waals surface area (Å²) < 4.78 is 1.96. The Bertz CT molecular complexity index is 458. The molecule has 0 aliphatic heterocycles. The minimum Gasteiger partial charge on any atom is -0.384 e. The number of hydrogen-bond donors (Lipinski definition) is 3. The molecule has 80 valence electrons. The highest BCUT2D eigenvalue weighted by Crippen LogP contribution is 2.28. The number of aliphatic hydroxyl groups excluding tert-OH is 1. The van der Waals surface area contributed by atoms with Crippen LogP contribution in [0.4, 0.5) is 5.82 Å². The third-order valence-corrected chi connectivity index (χ3v) is 2.64. The molecule has 0 aliphatic rings. The average Bonchev–Trinajstić information content (AvgIpc) is 2.73. The lowest BCUT2D eigenvalue weighted by Crippen LogP contribution is -2.08. The van der Waals surface area contributed by atoms with Gasteiger partial charge in [-0.25, -0.2) is 4.68 Å². The van der Waals surface area contributed by atoms with E-state index in [1.54, 1.807) is 7.05 Å². The Hall–Kier alpha value is -1.41. The highest BCUT2D eigenvalue weighted by Gasteiger charge is 2.22. The zero-order valence-corrected chi connectivity index (χ0v) is 9.43. The maximum absolute atomic E-state index is 10.0. The van der Waals surface area contributed by atoms with Gasteiger partial charge in [0.2, 0.25) is 0 Å². The number of aryl methyl sites for hydroxylation is 1. The largest absolute Gasteiger partial charge is 0.384 e. The molecule has 2 heterocycles. The molecule has 0 amide bonds. The molecule has 0 aliphatic carbocycles. The van der Waals surface area contributed by atoms with Crippen LogP contribution in [0.3, 0.4) is 0 Å². The number of halogens is 1. The van der Waals surface area contributed by atoms with E-state index < -0.39 is 6.10 Å². The predicted molar refractivity (Wildman–Crippen MR) is 55.8 cm³/mol. The minimum absolute atomic E-state index is 0.329. The fourth-order valence-corrected chi connectivity index (χ4v) is 1.84. The maximum atomic E-state index is 10.0. The van der Waals surface area contributed by atoms with Crippen molar-refractivity contribution in [2.45, 2.75) is 6.10 Å². The number of anilines is 1. The Morgan fingerprint density at radius 3 is 2.87 bits per heavy atom. The van der Waals surface area contributed by atoms with Crippen molar-refractivity contribution >= 4 is 21.7 Å². The number of nitrogens with two attached hydrogens (primary N) is 1. The second-order valence-corrected chi connectivity index (χ2v) is 3.78. The van der Waals surface area contributed by atoms with Gasteiger partial charge in [-0.2, -0.15) is 5.10 Å². The van der Waals surface area contributed by atoms with Crippen molar-refractivity contribution in [3.63, 3.8) is 0 Å². The monoisotopic (exact) mass is 272 g/mol. The van der Waals surface area contributed by atoms with E-state index in [0.29, 0.717) is 21.7 Å². The molecular formula is C7H9BrN6O. The van der Waals surface area contributed by atoms with Crippen molar-refractivity contribution in [3.8, 4) is 0 Å². The Morgan fingerprint density at radius 1 is 1.67 bits per heavy atom. The first-order chi connectivity index (χ1) is 7.11. The predicted octanol–water partition coefficient (Wildman–Crippen LogP) is -0.0354. The van der Waals surface area contributed by atoms with Gasteiger partial charge < -0.3 is 10.8 Å². The van der Waals surface area contributed by atoms with Crippen LogP contribution in [0.15, 0.2) is 10.8 Å².